The van der Waals surface area contributed by atoms with Gasteiger partial charge in [0.05, 0.1) is 5.52 Å². The van der Waals surface area contributed by atoms with Crippen molar-refractivity contribution in [3.63, 3.8) is 0 Å². The Kier molecular flexibility index (Phi) is 5.31. The zero-order valence-corrected chi connectivity index (χ0v) is 14.6. The molecule has 0 bridgehead atoms. The highest BCUT2D eigenvalue weighted by Crippen LogP contribution is 2.23. The number of aromatic nitrogens is 1. The van der Waals surface area contributed by atoms with E-state index in [-0.39, 0.29) is 18.3 Å². The Balaban J connectivity index is 0.00000182. The molecule has 0 aliphatic carbocycles. The van der Waals surface area contributed by atoms with Crippen molar-refractivity contribution < 1.29 is 4.79 Å². The fourth-order valence-corrected chi connectivity index (χ4v) is 3.17. The van der Waals surface area contributed by atoms with Crippen molar-refractivity contribution in [2.75, 3.05) is 18.4 Å². The van der Waals surface area contributed by atoms with Crippen LogP contribution in [0.4, 0.5) is 5.69 Å². The summed E-state index contributed by atoms with van der Waals surface area (Å²) in [4.78, 5) is 16.8. The lowest BCUT2D eigenvalue weighted by molar-refractivity contribution is 0.102. The van der Waals surface area contributed by atoms with Gasteiger partial charge in [-0.1, -0.05) is 36.4 Å². The number of carbonyl (C=O) groups is 1. The normalized spacial score (nSPS) is 16.4. The fourth-order valence-electron chi connectivity index (χ4n) is 3.17. The van der Waals surface area contributed by atoms with Crippen LogP contribution in [0.25, 0.3) is 10.9 Å². The van der Waals surface area contributed by atoms with E-state index in [1.165, 1.54) is 12.0 Å². The number of nitrogens with zero attached hydrogens (tertiary/aromatic N) is 1. The van der Waals surface area contributed by atoms with Gasteiger partial charge in [-0.15, -0.1) is 12.4 Å². The highest BCUT2D eigenvalue weighted by Gasteiger charge is 2.16. The Morgan fingerprint density at radius 1 is 1.04 bits per heavy atom. The van der Waals surface area contributed by atoms with Crippen molar-refractivity contribution in [3.05, 3.63) is 71.9 Å². The van der Waals surface area contributed by atoms with Crippen LogP contribution >= 0.6 is 12.4 Å². The van der Waals surface area contributed by atoms with Gasteiger partial charge in [-0.3, -0.25) is 4.79 Å². The van der Waals surface area contributed by atoms with Crippen molar-refractivity contribution in [2.45, 2.75) is 12.3 Å². The van der Waals surface area contributed by atoms with E-state index < -0.39 is 0 Å². The highest BCUT2D eigenvalue weighted by atomic mass is 35.5. The molecule has 1 aliphatic heterocycles. The van der Waals surface area contributed by atoms with Gasteiger partial charge in [0.2, 0.25) is 0 Å². The minimum absolute atomic E-state index is 0. The number of hydrogen-bond donors (Lipinski definition) is 2. The summed E-state index contributed by atoms with van der Waals surface area (Å²) in [7, 11) is 0. The van der Waals surface area contributed by atoms with Gasteiger partial charge in [0.25, 0.3) is 5.91 Å². The molecule has 4 rings (SSSR count). The first-order valence-corrected chi connectivity index (χ1v) is 8.27. The van der Waals surface area contributed by atoms with Crippen LogP contribution in [0.3, 0.4) is 0 Å². The number of rotatable bonds is 3. The average Bonchev–Trinajstić information content (AvgIpc) is 3.16. The van der Waals surface area contributed by atoms with E-state index in [0.717, 1.165) is 29.7 Å². The quantitative estimate of drug-likeness (QED) is 0.748. The Morgan fingerprint density at radius 2 is 1.84 bits per heavy atom. The molecule has 1 atom stereocenters. The Hall–Kier alpha value is -2.43. The molecule has 2 heterocycles. The second-order valence-electron chi connectivity index (χ2n) is 6.16. The maximum absolute atomic E-state index is 12.4. The number of nitrogens with one attached hydrogen (secondary N) is 2. The number of hydrogen-bond acceptors (Lipinski definition) is 3. The fraction of sp³-hybridized carbons (Fsp3) is 0.200. The monoisotopic (exact) mass is 353 g/mol. The van der Waals surface area contributed by atoms with Crippen LogP contribution in [0, 0.1) is 0 Å². The summed E-state index contributed by atoms with van der Waals surface area (Å²) in [5.41, 5.74) is 3.37. The second-order valence-corrected chi connectivity index (χ2v) is 6.16. The Morgan fingerprint density at radius 3 is 2.60 bits per heavy atom. The number of pyridine rings is 1. The zero-order valence-electron chi connectivity index (χ0n) is 13.7. The Bertz CT molecular complexity index is 874. The summed E-state index contributed by atoms with van der Waals surface area (Å²) in [6, 6.07) is 19.6. The molecule has 1 saturated heterocycles. The standard InChI is InChI=1S/C20H19N3O.ClH/c24-20(19-10-7-15-3-1-2-4-18(15)23-19)22-17-8-5-14(6-9-17)16-11-12-21-13-16;/h1-10,16,21H,11-13H2,(H,22,24);1H/t16-;/m0./s1. The Labute approximate surface area is 153 Å². The van der Waals surface area contributed by atoms with E-state index in [4.69, 9.17) is 0 Å². The molecular formula is C20H20ClN3O. The SMILES string of the molecule is Cl.O=C(Nc1ccc([C@H]2CCNC2)cc1)c1ccc2ccccc2n1. The van der Waals surface area contributed by atoms with Gasteiger partial charge in [0, 0.05) is 17.6 Å². The van der Waals surface area contributed by atoms with Gasteiger partial charge in [0.1, 0.15) is 5.69 Å². The van der Waals surface area contributed by atoms with Crippen molar-refractivity contribution in [3.8, 4) is 0 Å². The third kappa shape index (κ3) is 3.81. The number of para-hydroxylation sites is 1. The van der Waals surface area contributed by atoms with Gasteiger partial charge < -0.3 is 10.6 Å². The molecule has 3 aromatic rings. The summed E-state index contributed by atoms with van der Waals surface area (Å²) in [6.07, 6.45) is 1.17. The van der Waals surface area contributed by atoms with Gasteiger partial charge in [0.15, 0.2) is 0 Å². The lowest BCUT2D eigenvalue weighted by Crippen LogP contribution is -2.13. The van der Waals surface area contributed by atoms with E-state index in [9.17, 15) is 4.79 Å². The molecule has 0 spiro atoms. The summed E-state index contributed by atoms with van der Waals surface area (Å²) in [6.45, 7) is 2.11. The molecule has 2 aromatic carbocycles. The lowest BCUT2D eigenvalue weighted by Gasteiger charge is -2.10. The van der Waals surface area contributed by atoms with Gasteiger partial charge in [-0.2, -0.15) is 0 Å². The van der Waals surface area contributed by atoms with Gasteiger partial charge in [-0.05, 0) is 48.7 Å². The summed E-state index contributed by atoms with van der Waals surface area (Å²) in [5.74, 6) is 0.396. The summed E-state index contributed by atoms with van der Waals surface area (Å²) < 4.78 is 0. The lowest BCUT2D eigenvalue weighted by atomic mass is 9.98. The molecule has 1 amide bonds. The minimum Gasteiger partial charge on any atom is -0.321 e. The van der Waals surface area contributed by atoms with Crippen molar-refractivity contribution in [1.29, 1.82) is 0 Å². The molecular weight excluding hydrogens is 334 g/mol. The predicted molar refractivity (Wildman–Crippen MR) is 104 cm³/mol. The molecule has 0 radical (unpaired) electrons. The molecule has 128 valence electrons. The van der Waals surface area contributed by atoms with E-state index >= 15 is 0 Å². The van der Waals surface area contributed by atoms with Crippen LogP contribution in [0.1, 0.15) is 28.4 Å². The number of anilines is 1. The first-order chi connectivity index (χ1) is 11.8. The molecule has 0 saturated carbocycles. The van der Waals surface area contributed by atoms with Crippen molar-refractivity contribution in [2.24, 2.45) is 0 Å². The van der Waals surface area contributed by atoms with Crippen molar-refractivity contribution in [1.82, 2.24) is 10.3 Å². The van der Waals surface area contributed by atoms with Gasteiger partial charge >= 0.3 is 0 Å². The van der Waals surface area contributed by atoms with E-state index in [0.29, 0.717) is 11.6 Å². The number of fused-ring (bicyclic) bond motifs is 1. The first-order valence-electron chi connectivity index (χ1n) is 8.27. The van der Waals surface area contributed by atoms with E-state index in [2.05, 4.69) is 27.8 Å². The average molecular weight is 354 g/mol. The second kappa shape index (κ2) is 7.64. The number of benzene rings is 2. The van der Waals surface area contributed by atoms with E-state index in [1.54, 1.807) is 6.07 Å². The summed E-state index contributed by atoms with van der Waals surface area (Å²) in [5, 5.41) is 7.33. The number of halogens is 1. The predicted octanol–water partition coefficient (Wildman–Crippen LogP) is 3.99. The zero-order chi connectivity index (χ0) is 16.4. The molecule has 25 heavy (non-hydrogen) atoms. The van der Waals surface area contributed by atoms with Crippen molar-refractivity contribution >= 4 is 34.9 Å². The highest BCUT2D eigenvalue weighted by molar-refractivity contribution is 6.04. The maximum Gasteiger partial charge on any atom is 0.274 e. The number of carbonyl (C=O) groups excluding carboxylic acids is 1. The molecule has 1 fully saturated rings. The molecule has 1 aromatic heterocycles. The molecule has 5 heteroatoms. The third-order valence-electron chi connectivity index (χ3n) is 4.53. The molecule has 2 N–H and O–H groups in total. The molecule has 1 aliphatic rings. The van der Waals surface area contributed by atoms with Crippen LogP contribution in [0.15, 0.2) is 60.7 Å². The molecule has 0 unspecified atom stereocenters. The van der Waals surface area contributed by atoms with Crippen LogP contribution in [-0.2, 0) is 0 Å². The largest absolute Gasteiger partial charge is 0.321 e. The molecule has 4 nitrogen and oxygen atoms in total. The maximum atomic E-state index is 12.4. The van der Waals surface area contributed by atoms with E-state index in [1.807, 2.05) is 42.5 Å². The van der Waals surface area contributed by atoms with Crippen LogP contribution in [0.5, 0.6) is 0 Å². The smallest absolute Gasteiger partial charge is 0.274 e. The topological polar surface area (TPSA) is 54.0 Å². The summed E-state index contributed by atoms with van der Waals surface area (Å²) >= 11 is 0. The third-order valence-corrected chi connectivity index (χ3v) is 4.53. The van der Waals surface area contributed by atoms with Crippen LogP contribution < -0.4 is 10.6 Å². The van der Waals surface area contributed by atoms with Gasteiger partial charge in [-0.25, -0.2) is 4.98 Å². The number of amides is 1. The minimum atomic E-state index is -0.184. The van der Waals surface area contributed by atoms with Crippen LogP contribution in [-0.4, -0.2) is 24.0 Å². The first kappa shape index (κ1) is 17.4. The van der Waals surface area contributed by atoms with Crippen LogP contribution in [0.2, 0.25) is 0 Å².